The fourth-order valence-electron chi connectivity index (χ4n) is 2.97. The number of rotatable bonds is 14. The molecule has 126 valence electrons. The second kappa shape index (κ2) is 12.3. The highest BCUT2D eigenvalue weighted by Gasteiger charge is 2.09. The summed E-state index contributed by atoms with van der Waals surface area (Å²) in [7, 11) is 0. The summed E-state index contributed by atoms with van der Waals surface area (Å²) in [4.78, 5) is 13.8. The second-order valence-electron chi connectivity index (χ2n) is 6.32. The van der Waals surface area contributed by atoms with Crippen LogP contribution in [0.1, 0.15) is 100 Å². The summed E-state index contributed by atoms with van der Waals surface area (Å²) in [6.45, 7) is 2.26. The number of aromatic amines is 1. The average Bonchev–Trinajstić information content (AvgIpc) is 2.97. The molecule has 0 atom stereocenters. The molecule has 22 heavy (non-hydrogen) atoms. The van der Waals surface area contributed by atoms with E-state index in [4.69, 9.17) is 5.11 Å². The number of carbonyl (C=O) groups is 1. The number of aromatic nitrogens is 1. The van der Waals surface area contributed by atoms with E-state index in [0.717, 1.165) is 18.4 Å². The Balaban J connectivity index is 1.89. The summed E-state index contributed by atoms with van der Waals surface area (Å²) in [5, 5.41) is 9.01. The molecule has 0 saturated carbocycles. The van der Waals surface area contributed by atoms with E-state index in [1.54, 1.807) is 6.20 Å². The topological polar surface area (TPSA) is 53.1 Å². The van der Waals surface area contributed by atoms with E-state index in [1.165, 1.54) is 70.6 Å². The first-order chi connectivity index (χ1) is 10.8. The van der Waals surface area contributed by atoms with Gasteiger partial charge in [0.25, 0.3) is 0 Å². The summed E-state index contributed by atoms with van der Waals surface area (Å²) in [5.74, 6) is -0.848. The van der Waals surface area contributed by atoms with Gasteiger partial charge < -0.3 is 10.1 Å². The molecule has 3 heteroatoms. The van der Waals surface area contributed by atoms with E-state index in [1.807, 2.05) is 6.07 Å². The van der Waals surface area contributed by atoms with Gasteiger partial charge in [-0.3, -0.25) is 0 Å². The van der Waals surface area contributed by atoms with Gasteiger partial charge in [-0.05, 0) is 24.5 Å². The van der Waals surface area contributed by atoms with Crippen molar-refractivity contribution in [2.75, 3.05) is 0 Å². The van der Waals surface area contributed by atoms with Gasteiger partial charge in [0, 0.05) is 6.20 Å². The molecule has 1 aromatic heterocycles. The predicted octanol–water partition coefficient (Wildman–Crippen LogP) is 5.96. The van der Waals surface area contributed by atoms with E-state index in [-0.39, 0.29) is 0 Å². The Kier molecular flexibility index (Phi) is 10.5. The normalized spacial score (nSPS) is 11.0. The van der Waals surface area contributed by atoms with Crippen LogP contribution in [0.25, 0.3) is 0 Å². The first-order valence-electron chi connectivity index (χ1n) is 9.15. The van der Waals surface area contributed by atoms with E-state index in [9.17, 15) is 4.79 Å². The quantitative estimate of drug-likeness (QED) is 0.417. The standard InChI is InChI=1S/C19H33NO2/c1-2-3-4-5-6-7-8-9-10-11-12-13-14-17-15-16-20-18(17)19(21)22/h15-16,20H,2-14H2,1H3,(H,21,22). The van der Waals surface area contributed by atoms with Gasteiger partial charge >= 0.3 is 5.97 Å². The van der Waals surface area contributed by atoms with Gasteiger partial charge in [-0.2, -0.15) is 0 Å². The molecular weight excluding hydrogens is 274 g/mol. The van der Waals surface area contributed by atoms with Crippen molar-refractivity contribution in [2.45, 2.75) is 90.4 Å². The maximum Gasteiger partial charge on any atom is 0.352 e. The smallest absolute Gasteiger partial charge is 0.352 e. The molecule has 0 aliphatic carbocycles. The number of unbranched alkanes of at least 4 members (excludes halogenated alkanes) is 11. The zero-order chi connectivity index (χ0) is 16.0. The van der Waals surface area contributed by atoms with E-state index < -0.39 is 5.97 Å². The highest BCUT2D eigenvalue weighted by Crippen LogP contribution is 2.14. The van der Waals surface area contributed by atoms with Crippen LogP contribution in [-0.4, -0.2) is 16.1 Å². The molecule has 1 heterocycles. The molecule has 1 aromatic rings. The minimum absolute atomic E-state index is 0.364. The lowest BCUT2D eigenvalue weighted by Crippen LogP contribution is -2.01. The highest BCUT2D eigenvalue weighted by molar-refractivity contribution is 5.87. The Morgan fingerprint density at radius 2 is 1.41 bits per heavy atom. The Morgan fingerprint density at radius 1 is 0.909 bits per heavy atom. The van der Waals surface area contributed by atoms with Crippen molar-refractivity contribution in [3.63, 3.8) is 0 Å². The molecule has 0 spiro atoms. The van der Waals surface area contributed by atoms with Gasteiger partial charge in [-0.1, -0.05) is 77.6 Å². The minimum Gasteiger partial charge on any atom is -0.477 e. The predicted molar refractivity (Wildman–Crippen MR) is 92.5 cm³/mol. The fourth-order valence-corrected chi connectivity index (χ4v) is 2.97. The van der Waals surface area contributed by atoms with Crippen LogP contribution in [0, 0.1) is 0 Å². The average molecular weight is 307 g/mol. The van der Waals surface area contributed by atoms with Crippen LogP contribution >= 0.6 is 0 Å². The molecule has 0 saturated heterocycles. The molecular formula is C19H33NO2. The van der Waals surface area contributed by atoms with Crippen molar-refractivity contribution < 1.29 is 9.90 Å². The first kappa shape index (κ1) is 18.8. The van der Waals surface area contributed by atoms with Crippen LogP contribution in [0.4, 0.5) is 0 Å². The van der Waals surface area contributed by atoms with Crippen LogP contribution in [0.5, 0.6) is 0 Å². The van der Waals surface area contributed by atoms with Gasteiger partial charge in [0.15, 0.2) is 0 Å². The van der Waals surface area contributed by atoms with E-state index >= 15 is 0 Å². The Labute approximate surface area is 135 Å². The lowest BCUT2D eigenvalue weighted by atomic mass is 10.0. The summed E-state index contributed by atoms with van der Waals surface area (Å²) in [6.07, 6.45) is 18.6. The first-order valence-corrected chi connectivity index (χ1v) is 9.15. The highest BCUT2D eigenvalue weighted by atomic mass is 16.4. The molecule has 0 unspecified atom stereocenters. The van der Waals surface area contributed by atoms with Crippen LogP contribution in [0.2, 0.25) is 0 Å². The van der Waals surface area contributed by atoms with Gasteiger partial charge in [0.05, 0.1) is 0 Å². The number of hydrogen-bond acceptors (Lipinski definition) is 1. The number of nitrogens with one attached hydrogen (secondary N) is 1. The maximum absolute atomic E-state index is 11.0. The van der Waals surface area contributed by atoms with Crippen molar-refractivity contribution in [2.24, 2.45) is 0 Å². The minimum atomic E-state index is -0.848. The number of aryl methyl sites for hydroxylation is 1. The Morgan fingerprint density at radius 3 is 1.91 bits per heavy atom. The molecule has 0 fully saturated rings. The van der Waals surface area contributed by atoms with Gasteiger partial charge in [-0.15, -0.1) is 0 Å². The summed E-state index contributed by atoms with van der Waals surface area (Å²) < 4.78 is 0. The molecule has 3 nitrogen and oxygen atoms in total. The molecule has 0 aliphatic rings. The summed E-state index contributed by atoms with van der Waals surface area (Å²) in [5.41, 5.74) is 1.31. The van der Waals surface area contributed by atoms with Crippen molar-refractivity contribution in [3.05, 3.63) is 23.5 Å². The van der Waals surface area contributed by atoms with Crippen molar-refractivity contribution in [1.29, 1.82) is 0 Å². The van der Waals surface area contributed by atoms with Crippen LogP contribution in [-0.2, 0) is 6.42 Å². The summed E-state index contributed by atoms with van der Waals surface area (Å²) >= 11 is 0. The zero-order valence-corrected chi connectivity index (χ0v) is 14.2. The zero-order valence-electron chi connectivity index (χ0n) is 14.2. The third-order valence-corrected chi connectivity index (χ3v) is 4.35. The van der Waals surface area contributed by atoms with Crippen LogP contribution in [0.15, 0.2) is 12.3 Å². The molecule has 0 bridgehead atoms. The largest absolute Gasteiger partial charge is 0.477 e. The van der Waals surface area contributed by atoms with Gasteiger partial charge in [0.2, 0.25) is 0 Å². The third kappa shape index (κ3) is 8.26. The molecule has 2 N–H and O–H groups in total. The van der Waals surface area contributed by atoms with Crippen molar-refractivity contribution in [3.8, 4) is 0 Å². The maximum atomic E-state index is 11.0. The van der Waals surface area contributed by atoms with Gasteiger partial charge in [-0.25, -0.2) is 4.79 Å². The number of aromatic carboxylic acids is 1. The Bertz CT molecular complexity index is 398. The number of H-pyrrole nitrogens is 1. The number of carboxylic acids is 1. The van der Waals surface area contributed by atoms with E-state index in [0.29, 0.717) is 5.69 Å². The van der Waals surface area contributed by atoms with Crippen LogP contribution < -0.4 is 0 Å². The molecule has 0 amide bonds. The fraction of sp³-hybridized carbons (Fsp3) is 0.737. The lowest BCUT2D eigenvalue weighted by Gasteiger charge is -2.03. The van der Waals surface area contributed by atoms with Crippen LogP contribution in [0.3, 0.4) is 0 Å². The third-order valence-electron chi connectivity index (χ3n) is 4.35. The number of hydrogen-bond donors (Lipinski definition) is 2. The SMILES string of the molecule is CCCCCCCCCCCCCCc1cc[nH]c1C(=O)O. The van der Waals surface area contributed by atoms with E-state index in [2.05, 4.69) is 11.9 Å². The molecule has 0 aliphatic heterocycles. The second-order valence-corrected chi connectivity index (χ2v) is 6.32. The monoisotopic (exact) mass is 307 g/mol. The Hall–Kier alpha value is -1.25. The summed E-state index contributed by atoms with van der Waals surface area (Å²) in [6, 6.07) is 1.89. The molecule has 0 aromatic carbocycles. The number of carboxylic acid groups (broad SMARTS) is 1. The van der Waals surface area contributed by atoms with Gasteiger partial charge in [0.1, 0.15) is 5.69 Å². The molecule has 0 radical (unpaired) electrons. The lowest BCUT2D eigenvalue weighted by molar-refractivity contribution is 0.0690. The van der Waals surface area contributed by atoms with Crippen molar-refractivity contribution >= 4 is 5.97 Å². The molecule has 1 rings (SSSR count). The van der Waals surface area contributed by atoms with Crippen molar-refractivity contribution in [1.82, 2.24) is 4.98 Å².